The number of halogens is 1. The number of nitrogens with zero attached hydrogens (tertiary/aromatic N) is 1. The quantitative estimate of drug-likeness (QED) is 0.398. The first-order valence-corrected chi connectivity index (χ1v) is 11.5. The molecule has 0 saturated carbocycles. The van der Waals surface area contributed by atoms with Gasteiger partial charge in [-0.25, -0.2) is 4.98 Å². The second-order valence-electron chi connectivity index (χ2n) is 8.08. The molecule has 0 aliphatic carbocycles. The van der Waals surface area contributed by atoms with Crippen LogP contribution in [-0.2, 0) is 10.2 Å². The summed E-state index contributed by atoms with van der Waals surface area (Å²) in [6, 6.07) is 20.1. The van der Waals surface area contributed by atoms with E-state index >= 15 is 0 Å². The molecule has 0 unspecified atom stereocenters. The maximum atomic E-state index is 6.10. The predicted molar refractivity (Wildman–Crippen MR) is 136 cm³/mol. The van der Waals surface area contributed by atoms with Crippen molar-refractivity contribution in [3.63, 3.8) is 0 Å². The highest BCUT2D eigenvalue weighted by Gasteiger charge is 2.34. The van der Waals surface area contributed by atoms with Crippen molar-refractivity contribution >= 4 is 46.1 Å². The van der Waals surface area contributed by atoms with E-state index in [0.29, 0.717) is 5.11 Å². The first kappa shape index (κ1) is 22.5. The average Bonchev–Trinajstić information content (AvgIpc) is 2.81. The number of pyridine rings is 1. The molecule has 3 N–H and O–H groups in total. The van der Waals surface area contributed by atoms with Crippen molar-refractivity contribution in [2.45, 2.75) is 25.2 Å². The summed E-state index contributed by atoms with van der Waals surface area (Å²) < 4.78 is 5.62. The fraction of sp³-hybridized carbons (Fsp3) is 0.280. The van der Waals surface area contributed by atoms with Gasteiger partial charge < -0.3 is 20.7 Å². The second-order valence-corrected chi connectivity index (χ2v) is 8.92. The van der Waals surface area contributed by atoms with E-state index in [1.165, 1.54) is 11.1 Å². The lowest BCUT2D eigenvalue weighted by Gasteiger charge is -2.38. The Hall–Kier alpha value is -2.67. The van der Waals surface area contributed by atoms with Crippen LogP contribution in [0.5, 0.6) is 0 Å². The Balaban J connectivity index is 1.36. The molecule has 166 valence electrons. The van der Waals surface area contributed by atoms with Gasteiger partial charge in [0.1, 0.15) is 5.82 Å². The van der Waals surface area contributed by atoms with Crippen molar-refractivity contribution in [3.8, 4) is 0 Å². The number of anilines is 3. The first-order valence-electron chi connectivity index (χ1n) is 10.7. The summed E-state index contributed by atoms with van der Waals surface area (Å²) in [5.41, 5.74) is 4.28. The van der Waals surface area contributed by atoms with Crippen molar-refractivity contribution in [2.24, 2.45) is 0 Å². The molecule has 2 heterocycles. The number of rotatable bonds is 6. The van der Waals surface area contributed by atoms with Crippen molar-refractivity contribution in [1.82, 2.24) is 10.3 Å². The lowest BCUT2D eigenvalue weighted by atomic mass is 9.74. The minimum Gasteiger partial charge on any atom is -0.381 e. The Morgan fingerprint density at radius 1 is 1.06 bits per heavy atom. The minimum atomic E-state index is -0.0336. The molecular weight excluding hydrogens is 440 g/mol. The third kappa shape index (κ3) is 5.57. The molecule has 0 radical (unpaired) electrons. The van der Waals surface area contributed by atoms with Crippen LogP contribution in [-0.4, -0.2) is 29.9 Å². The highest BCUT2D eigenvalue weighted by molar-refractivity contribution is 7.80. The molecule has 1 aliphatic rings. The Bertz CT molecular complexity index is 1050. The van der Waals surface area contributed by atoms with Crippen LogP contribution in [0.3, 0.4) is 0 Å². The highest BCUT2D eigenvalue weighted by Crippen LogP contribution is 2.35. The monoisotopic (exact) mass is 466 g/mol. The summed E-state index contributed by atoms with van der Waals surface area (Å²) in [5.74, 6) is 0.785. The van der Waals surface area contributed by atoms with E-state index in [4.69, 9.17) is 28.6 Å². The molecular formula is C25H27ClN4OS. The zero-order valence-corrected chi connectivity index (χ0v) is 19.6. The van der Waals surface area contributed by atoms with Gasteiger partial charge in [-0.15, -0.1) is 0 Å². The van der Waals surface area contributed by atoms with Gasteiger partial charge in [0.05, 0.1) is 11.9 Å². The van der Waals surface area contributed by atoms with Crippen LogP contribution in [0, 0.1) is 6.92 Å². The van der Waals surface area contributed by atoms with E-state index in [9.17, 15) is 0 Å². The van der Waals surface area contributed by atoms with Crippen LogP contribution < -0.4 is 16.0 Å². The summed E-state index contributed by atoms with van der Waals surface area (Å²) in [7, 11) is 0. The number of aromatic nitrogens is 1. The normalized spacial score (nSPS) is 15.1. The second kappa shape index (κ2) is 10.3. The fourth-order valence-corrected chi connectivity index (χ4v) is 4.27. The maximum Gasteiger partial charge on any atom is 0.170 e. The Kier molecular flexibility index (Phi) is 7.25. The van der Waals surface area contributed by atoms with E-state index in [1.54, 1.807) is 6.20 Å². The molecule has 3 aromatic rings. The van der Waals surface area contributed by atoms with Crippen LogP contribution in [0.2, 0.25) is 5.02 Å². The van der Waals surface area contributed by atoms with Gasteiger partial charge in [0, 0.05) is 35.9 Å². The summed E-state index contributed by atoms with van der Waals surface area (Å²) in [6.45, 7) is 4.27. The van der Waals surface area contributed by atoms with Crippen LogP contribution in [0.25, 0.3) is 0 Å². The number of hydrogen-bond acceptors (Lipinski definition) is 4. The maximum absolute atomic E-state index is 6.10. The topological polar surface area (TPSA) is 58.2 Å². The highest BCUT2D eigenvalue weighted by atomic mass is 35.5. The van der Waals surface area contributed by atoms with Crippen molar-refractivity contribution < 1.29 is 4.74 Å². The number of hydrogen-bond donors (Lipinski definition) is 3. The molecule has 7 heteroatoms. The number of aryl methyl sites for hydroxylation is 1. The van der Waals surface area contributed by atoms with Crippen LogP contribution in [0.1, 0.15) is 24.0 Å². The molecule has 1 saturated heterocycles. The first-order chi connectivity index (χ1) is 15.5. The predicted octanol–water partition coefficient (Wildman–Crippen LogP) is 5.82. The van der Waals surface area contributed by atoms with Gasteiger partial charge in [0.25, 0.3) is 0 Å². The zero-order valence-electron chi connectivity index (χ0n) is 18.0. The third-order valence-corrected chi connectivity index (χ3v) is 6.42. The average molecular weight is 467 g/mol. The largest absolute Gasteiger partial charge is 0.381 e. The molecule has 32 heavy (non-hydrogen) atoms. The molecule has 4 rings (SSSR count). The summed E-state index contributed by atoms with van der Waals surface area (Å²) in [6.07, 6.45) is 3.65. The summed E-state index contributed by atoms with van der Waals surface area (Å²) in [4.78, 5) is 4.50. The molecule has 1 aromatic heterocycles. The van der Waals surface area contributed by atoms with Crippen molar-refractivity contribution in [1.29, 1.82) is 0 Å². The lowest BCUT2D eigenvalue weighted by Crippen LogP contribution is -2.45. The van der Waals surface area contributed by atoms with Crippen molar-refractivity contribution in [3.05, 3.63) is 83.0 Å². The number of nitrogens with one attached hydrogen (secondary N) is 3. The Morgan fingerprint density at radius 3 is 2.50 bits per heavy atom. The molecule has 2 aromatic carbocycles. The molecule has 1 aliphatic heterocycles. The van der Waals surface area contributed by atoms with Gasteiger partial charge in [0.15, 0.2) is 5.11 Å². The van der Waals surface area contributed by atoms with E-state index in [-0.39, 0.29) is 5.41 Å². The molecule has 0 amide bonds. The van der Waals surface area contributed by atoms with Gasteiger partial charge >= 0.3 is 0 Å². The Labute approximate surface area is 199 Å². The molecule has 0 spiro atoms. The van der Waals surface area contributed by atoms with Crippen LogP contribution >= 0.6 is 23.8 Å². The van der Waals surface area contributed by atoms with Crippen LogP contribution in [0.15, 0.2) is 66.9 Å². The smallest absolute Gasteiger partial charge is 0.170 e. The molecule has 0 bridgehead atoms. The SMILES string of the molecule is Cc1ccccc1Nc1ccc(NC(=S)NCC2(c3ccc(Cl)cc3)CCOCC2)cn1. The van der Waals surface area contributed by atoms with Gasteiger partial charge in [-0.3, -0.25) is 0 Å². The standard InChI is InChI=1S/C25H27ClN4OS/c1-18-4-2-3-5-22(18)30-23-11-10-21(16-27-23)29-24(32)28-17-25(12-14-31-15-13-25)19-6-8-20(26)9-7-19/h2-11,16H,12-15,17H2,1H3,(H,27,30)(H2,28,29,32). The number of ether oxygens (including phenoxy) is 1. The fourth-order valence-electron chi connectivity index (χ4n) is 3.95. The van der Waals surface area contributed by atoms with Gasteiger partial charge in [-0.05, 0) is 73.4 Å². The number of thiocarbonyl (C=S) groups is 1. The van der Waals surface area contributed by atoms with Crippen LogP contribution in [0.4, 0.5) is 17.2 Å². The molecule has 1 fully saturated rings. The van der Waals surface area contributed by atoms with E-state index < -0.39 is 0 Å². The summed E-state index contributed by atoms with van der Waals surface area (Å²) >= 11 is 11.7. The third-order valence-electron chi connectivity index (χ3n) is 5.92. The number of para-hydroxylation sites is 1. The Morgan fingerprint density at radius 2 is 1.81 bits per heavy atom. The van der Waals surface area contributed by atoms with E-state index in [1.807, 2.05) is 42.5 Å². The molecule has 0 atom stereocenters. The van der Waals surface area contributed by atoms with Gasteiger partial charge in [-0.1, -0.05) is 41.9 Å². The van der Waals surface area contributed by atoms with Gasteiger partial charge in [0.2, 0.25) is 0 Å². The number of benzene rings is 2. The van der Waals surface area contributed by atoms with Crippen molar-refractivity contribution in [2.75, 3.05) is 30.4 Å². The molecule has 5 nitrogen and oxygen atoms in total. The van der Waals surface area contributed by atoms with E-state index in [0.717, 1.165) is 54.8 Å². The lowest BCUT2D eigenvalue weighted by molar-refractivity contribution is 0.0515. The zero-order chi connectivity index (χ0) is 22.4. The van der Waals surface area contributed by atoms with E-state index in [2.05, 4.69) is 46.1 Å². The minimum absolute atomic E-state index is 0.0336. The summed E-state index contributed by atoms with van der Waals surface area (Å²) in [5, 5.41) is 11.3. The van der Waals surface area contributed by atoms with Gasteiger partial charge in [-0.2, -0.15) is 0 Å².